The number of carbonyl (C=O) groups is 1. The normalized spacial score (nSPS) is 10.6. The molecule has 0 fully saturated rings. The Morgan fingerprint density at radius 3 is 2.73 bits per heavy atom. The van der Waals surface area contributed by atoms with Crippen molar-refractivity contribution in [2.75, 3.05) is 13.2 Å². The molecule has 0 aliphatic carbocycles. The third-order valence-corrected chi connectivity index (χ3v) is 2.61. The van der Waals surface area contributed by atoms with Crippen LogP contribution in [0.4, 0.5) is 4.79 Å². The molecule has 0 aliphatic rings. The molecule has 22 heavy (non-hydrogen) atoms. The van der Waals surface area contributed by atoms with Crippen molar-refractivity contribution in [2.45, 2.75) is 39.2 Å². The van der Waals surface area contributed by atoms with E-state index in [-0.39, 0.29) is 11.3 Å². The first-order chi connectivity index (χ1) is 10.3. The second kappa shape index (κ2) is 8.13. The first-order valence-electron chi connectivity index (χ1n) is 7.15. The average molecular weight is 306 g/mol. The van der Waals surface area contributed by atoms with Crippen LogP contribution in [0.3, 0.4) is 0 Å². The van der Waals surface area contributed by atoms with E-state index in [9.17, 15) is 9.90 Å². The van der Waals surface area contributed by atoms with Crippen molar-refractivity contribution in [3.63, 3.8) is 0 Å². The molecule has 1 aromatic carbocycles. The molecule has 0 aromatic heterocycles. The molecule has 0 bridgehead atoms. The van der Waals surface area contributed by atoms with E-state index in [1.54, 1.807) is 12.1 Å². The SMILES string of the molecule is CC(C)(C)OC(=O)NCCCCOc1cccc(O)c1C#N. The molecule has 1 rings (SSSR count). The third-order valence-electron chi connectivity index (χ3n) is 2.61. The average Bonchev–Trinajstić information content (AvgIpc) is 2.40. The standard InChI is InChI=1S/C16H22N2O4/c1-16(2,3)22-15(20)18-9-4-5-10-21-14-8-6-7-13(19)12(14)11-17/h6-8,19H,4-5,9-10H2,1-3H3,(H,18,20). The molecule has 0 heterocycles. The molecule has 0 aliphatic heterocycles. The second-order valence-electron chi connectivity index (χ2n) is 5.75. The van der Waals surface area contributed by atoms with Gasteiger partial charge in [-0.25, -0.2) is 4.79 Å². The number of nitrogens with one attached hydrogen (secondary N) is 1. The minimum Gasteiger partial charge on any atom is -0.506 e. The fourth-order valence-corrected chi connectivity index (χ4v) is 1.67. The molecule has 0 saturated carbocycles. The van der Waals surface area contributed by atoms with Crippen LogP contribution in [0, 0.1) is 11.3 Å². The van der Waals surface area contributed by atoms with Gasteiger partial charge in [0.15, 0.2) is 0 Å². The Labute approximate surface area is 130 Å². The lowest BCUT2D eigenvalue weighted by molar-refractivity contribution is 0.0526. The Morgan fingerprint density at radius 2 is 2.09 bits per heavy atom. The van der Waals surface area contributed by atoms with Crippen LogP contribution in [0.5, 0.6) is 11.5 Å². The molecule has 0 atom stereocenters. The highest BCUT2D eigenvalue weighted by Gasteiger charge is 2.15. The molecular formula is C16H22N2O4. The van der Waals surface area contributed by atoms with Gasteiger partial charge < -0.3 is 19.9 Å². The van der Waals surface area contributed by atoms with Gasteiger partial charge in [-0.05, 0) is 45.7 Å². The van der Waals surface area contributed by atoms with Crippen LogP contribution in [0.1, 0.15) is 39.2 Å². The van der Waals surface area contributed by atoms with E-state index >= 15 is 0 Å². The zero-order chi connectivity index (χ0) is 16.6. The summed E-state index contributed by atoms with van der Waals surface area (Å²) >= 11 is 0. The number of alkyl carbamates (subject to hydrolysis) is 1. The molecule has 120 valence electrons. The lowest BCUT2D eigenvalue weighted by Gasteiger charge is -2.19. The number of phenols is 1. The highest BCUT2D eigenvalue weighted by atomic mass is 16.6. The number of amides is 1. The topological polar surface area (TPSA) is 91.6 Å². The Morgan fingerprint density at radius 1 is 1.36 bits per heavy atom. The third kappa shape index (κ3) is 6.35. The number of nitriles is 1. The van der Waals surface area contributed by atoms with Gasteiger partial charge in [-0.1, -0.05) is 6.07 Å². The Balaban J connectivity index is 2.23. The van der Waals surface area contributed by atoms with Crippen molar-refractivity contribution in [3.8, 4) is 17.6 Å². The van der Waals surface area contributed by atoms with Gasteiger partial charge in [-0.15, -0.1) is 0 Å². The molecular weight excluding hydrogens is 284 g/mol. The Kier molecular flexibility index (Phi) is 6.51. The van der Waals surface area contributed by atoms with Crippen molar-refractivity contribution in [3.05, 3.63) is 23.8 Å². The highest BCUT2D eigenvalue weighted by molar-refractivity contribution is 5.67. The number of hydrogen-bond acceptors (Lipinski definition) is 5. The van der Waals surface area contributed by atoms with Crippen LogP contribution in [-0.2, 0) is 4.74 Å². The van der Waals surface area contributed by atoms with Gasteiger partial charge in [-0.3, -0.25) is 0 Å². The van der Waals surface area contributed by atoms with E-state index in [0.29, 0.717) is 25.3 Å². The van der Waals surface area contributed by atoms with Crippen LogP contribution in [0.25, 0.3) is 0 Å². The maximum atomic E-state index is 11.4. The summed E-state index contributed by atoms with van der Waals surface area (Å²) in [4.78, 5) is 11.4. The maximum Gasteiger partial charge on any atom is 0.407 e. The number of aromatic hydroxyl groups is 1. The number of rotatable bonds is 6. The van der Waals surface area contributed by atoms with Gasteiger partial charge in [0.05, 0.1) is 6.61 Å². The summed E-state index contributed by atoms with van der Waals surface area (Å²) in [5.74, 6) is 0.272. The minimum atomic E-state index is -0.504. The molecule has 1 aromatic rings. The highest BCUT2D eigenvalue weighted by Crippen LogP contribution is 2.26. The van der Waals surface area contributed by atoms with Crippen LogP contribution in [0.2, 0.25) is 0 Å². The minimum absolute atomic E-state index is 0.0911. The molecule has 0 spiro atoms. The number of benzene rings is 1. The molecule has 6 heteroatoms. The van der Waals surface area contributed by atoms with Crippen LogP contribution < -0.4 is 10.1 Å². The number of phenolic OH excluding ortho intramolecular Hbond substituents is 1. The predicted molar refractivity (Wildman–Crippen MR) is 81.8 cm³/mol. The fraction of sp³-hybridized carbons (Fsp3) is 0.500. The summed E-state index contributed by atoms with van der Waals surface area (Å²) in [7, 11) is 0. The van der Waals surface area contributed by atoms with E-state index in [4.69, 9.17) is 14.7 Å². The van der Waals surface area contributed by atoms with Crippen molar-refractivity contribution in [1.29, 1.82) is 5.26 Å². The lowest BCUT2D eigenvalue weighted by Crippen LogP contribution is -2.33. The Bertz CT molecular complexity index is 544. The van der Waals surface area contributed by atoms with Gasteiger partial charge in [0.1, 0.15) is 28.7 Å². The second-order valence-corrected chi connectivity index (χ2v) is 5.75. The maximum absolute atomic E-state index is 11.4. The van der Waals surface area contributed by atoms with E-state index in [1.807, 2.05) is 26.8 Å². The van der Waals surface area contributed by atoms with Crippen LogP contribution in [-0.4, -0.2) is 30.0 Å². The van der Waals surface area contributed by atoms with Gasteiger partial charge in [0, 0.05) is 6.54 Å². The summed E-state index contributed by atoms with van der Waals surface area (Å²) in [5, 5.41) is 21.1. The van der Waals surface area contributed by atoms with Crippen molar-refractivity contribution in [2.24, 2.45) is 0 Å². The summed E-state index contributed by atoms with van der Waals surface area (Å²) < 4.78 is 10.6. The fourth-order valence-electron chi connectivity index (χ4n) is 1.67. The predicted octanol–water partition coefficient (Wildman–Crippen LogP) is 2.95. The first kappa shape index (κ1) is 17.6. The van der Waals surface area contributed by atoms with E-state index < -0.39 is 11.7 Å². The quantitative estimate of drug-likeness (QED) is 0.788. The summed E-state index contributed by atoms with van der Waals surface area (Å²) in [5.41, 5.74) is -0.370. The van der Waals surface area contributed by atoms with Crippen LogP contribution in [0.15, 0.2) is 18.2 Å². The van der Waals surface area contributed by atoms with E-state index in [0.717, 1.165) is 6.42 Å². The summed E-state index contributed by atoms with van der Waals surface area (Å²) in [6.45, 7) is 6.31. The van der Waals surface area contributed by atoms with Gasteiger partial charge in [-0.2, -0.15) is 5.26 Å². The molecule has 1 amide bonds. The molecule has 2 N–H and O–H groups in total. The monoisotopic (exact) mass is 306 g/mol. The molecule has 0 radical (unpaired) electrons. The zero-order valence-corrected chi connectivity index (χ0v) is 13.2. The molecule has 6 nitrogen and oxygen atoms in total. The summed E-state index contributed by atoms with van der Waals surface area (Å²) in [6, 6.07) is 6.60. The number of carbonyl (C=O) groups excluding carboxylic acids is 1. The zero-order valence-electron chi connectivity index (χ0n) is 13.2. The van der Waals surface area contributed by atoms with Crippen molar-refractivity contribution < 1.29 is 19.4 Å². The van der Waals surface area contributed by atoms with E-state index in [2.05, 4.69) is 5.32 Å². The van der Waals surface area contributed by atoms with Crippen LogP contribution >= 0.6 is 0 Å². The van der Waals surface area contributed by atoms with Gasteiger partial charge in [0.25, 0.3) is 0 Å². The van der Waals surface area contributed by atoms with Crippen molar-refractivity contribution >= 4 is 6.09 Å². The molecule has 0 unspecified atom stereocenters. The van der Waals surface area contributed by atoms with Gasteiger partial charge >= 0.3 is 6.09 Å². The number of nitrogens with zero attached hydrogens (tertiary/aromatic N) is 1. The van der Waals surface area contributed by atoms with Crippen molar-refractivity contribution in [1.82, 2.24) is 5.32 Å². The summed E-state index contributed by atoms with van der Waals surface area (Å²) in [6.07, 6.45) is 0.990. The molecule has 0 saturated heterocycles. The van der Waals surface area contributed by atoms with E-state index in [1.165, 1.54) is 6.07 Å². The Hall–Kier alpha value is -2.42. The first-order valence-corrected chi connectivity index (χ1v) is 7.15. The number of unbranched alkanes of at least 4 members (excludes halogenated alkanes) is 1. The largest absolute Gasteiger partial charge is 0.506 e. The number of hydrogen-bond donors (Lipinski definition) is 2. The smallest absolute Gasteiger partial charge is 0.407 e. The van der Waals surface area contributed by atoms with Gasteiger partial charge in [0.2, 0.25) is 0 Å². The number of ether oxygens (including phenoxy) is 2. The lowest BCUT2D eigenvalue weighted by atomic mass is 10.2.